The number of hydrogen-bond donors (Lipinski definition) is 2. The van der Waals surface area contributed by atoms with Crippen molar-refractivity contribution in [1.82, 2.24) is 9.97 Å². The molecule has 0 aliphatic rings. The van der Waals surface area contributed by atoms with E-state index in [1.165, 1.54) is 18.2 Å². The Balaban J connectivity index is 1.97. The van der Waals surface area contributed by atoms with Crippen LogP contribution in [0.5, 0.6) is 0 Å². The molecule has 3 rings (SSSR count). The summed E-state index contributed by atoms with van der Waals surface area (Å²) in [6.45, 7) is 0. The molecule has 0 fully saturated rings. The van der Waals surface area contributed by atoms with E-state index in [2.05, 4.69) is 25.2 Å². The van der Waals surface area contributed by atoms with E-state index in [0.29, 0.717) is 5.56 Å². The van der Waals surface area contributed by atoms with Crippen molar-refractivity contribution in [3.05, 3.63) is 85.7 Å². The van der Waals surface area contributed by atoms with Gasteiger partial charge in [-0.1, -0.05) is 42.5 Å². The summed E-state index contributed by atoms with van der Waals surface area (Å²) in [5, 5.41) is 24.4. The highest BCUT2D eigenvalue weighted by atomic mass is 16.6. The average molecular weight is 418 g/mol. The summed E-state index contributed by atoms with van der Waals surface area (Å²) < 4.78 is 4.62. The maximum Gasteiger partial charge on any atom is 0.345 e. The van der Waals surface area contributed by atoms with Crippen LogP contribution in [0.15, 0.2) is 58.4 Å². The van der Waals surface area contributed by atoms with Crippen LogP contribution >= 0.6 is 0 Å². The van der Waals surface area contributed by atoms with E-state index in [-0.39, 0.29) is 28.3 Å². The molecule has 0 aliphatic heterocycles. The second kappa shape index (κ2) is 9.10. The second-order valence-electron chi connectivity index (χ2n) is 5.98. The summed E-state index contributed by atoms with van der Waals surface area (Å²) >= 11 is 0. The third-order valence-corrected chi connectivity index (χ3v) is 4.11. The number of nitrogens with zero attached hydrogens (tertiary/aromatic N) is 4. The Hall–Kier alpha value is -4.85. The van der Waals surface area contributed by atoms with E-state index in [1.807, 2.05) is 6.07 Å². The maximum atomic E-state index is 12.3. The van der Waals surface area contributed by atoms with Gasteiger partial charge in [0.2, 0.25) is 5.95 Å². The Morgan fingerprint density at radius 1 is 1.29 bits per heavy atom. The van der Waals surface area contributed by atoms with E-state index in [9.17, 15) is 25.0 Å². The summed E-state index contributed by atoms with van der Waals surface area (Å²) in [7, 11) is 1.11. The monoisotopic (exact) mass is 418 g/mol. The number of rotatable bonds is 6. The zero-order valence-corrected chi connectivity index (χ0v) is 16.0. The number of hydrazone groups is 1. The summed E-state index contributed by atoms with van der Waals surface area (Å²) in [6, 6.07) is 14.5. The topological polar surface area (TPSA) is 163 Å². The number of aromatic nitrogens is 2. The smallest absolute Gasteiger partial charge is 0.345 e. The van der Waals surface area contributed by atoms with E-state index in [1.54, 1.807) is 30.3 Å². The minimum Gasteiger partial charge on any atom is -0.465 e. The lowest BCUT2D eigenvalue weighted by Crippen LogP contribution is -2.16. The molecule has 11 nitrogen and oxygen atoms in total. The number of nitro benzene ring substituents is 1. The van der Waals surface area contributed by atoms with Gasteiger partial charge in [-0.05, 0) is 0 Å². The quantitative estimate of drug-likeness (QED) is 0.267. The van der Waals surface area contributed by atoms with Gasteiger partial charge in [0.25, 0.3) is 11.2 Å². The third kappa shape index (κ3) is 4.43. The van der Waals surface area contributed by atoms with Crippen LogP contribution in [-0.2, 0) is 4.74 Å². The van der Waals surface area contributed by atoms with E-state index in [4.69, 9.17) is 0 Å². The van der Waals surface area contributed by atoms with Crippen molar-refractivity contribution in [2.24, 2.45) is 5.10 Å². The van der Waals surface area contributed by atoms with Gasteiger partial charge < -0.3 is 4.74 Å². The Bertz CT molecular complexity index is 1280. The lowest BCUT2D eigenvalue weighted by atomic mass is 10.1. The van der Waals surface area contributed by atoms with E-state index < -0.39 is 22.1 Å². The molecule has 0 unspecified atom stereocenters. The van der Waals surface area contributed by atoms with Crippen LogP contribution in [0.3, 0.4) is 0 Å². The van der Waals surface area contributed by atoms with E-state index in [0.717, 1.165) is 13.3 Å². The van der Waals surface area contributed by atoms with Crippen molar-refractivity contribution in [1.29, 1.82) is 5.26 Å². The van der Waals surface area contributed by atoms with Gasteiger partial charge in [-0.2, -0.15) is 10.4 Å². The van der Waals surface area contributed by atoms with Crippen LogP contribution in [-0.4, -0.2) is 34.2 Å². The van der Waals surface area contributed by atoms with E-state index >= 15 is 0 Å². The lowest BCUT2D eigenvalue weighted by molar-refractivity contribution is -0.385. The number of carbonyl (C=O) groups is 1. The first-order valence-electron chi connectivity index (χ1n) is 8.71. The third-order valence-electron chi connectivity index (χ3n) is 4.11. The SMILES string of the molecule is COC(=O)c1c(C=NNc2nc(-c3ccccc3)c(C#N)c(=O)[nH]2)cccc1[N+](=O)[O-]. The summed E-state index contributed by atoms with van der Waals surface area (Å²) in [6.07, 6.45) is 1.15. The molecular weight excluding hydrogens is 404 g/mol. The largest absolute Gasteiger partial charge is 0.465 e. The zero-order valence-electron chi connectivity index (χ0n) is 16.0. The summed E-state index contributed by atoms with van der Waals surface area (Å²) in [5.74, 6) is -0.964. The number of aromatic amines is 1. The molecule has 1 heterocycles. The van der Waals surface area contributed by atoms with Crippen LogP contribution in [0.25, 0.3) is 11.3 Å². The number of benzene rings is 2. The number of nitro groups is 1. The van der Waals surface area contributed by atoms with Crippen molar-refractivity contribution in [2.45, 2.75) is 0 Å². The minimum absolute atomic E-state index is 0.0656. The zero-order chi connectivity index (χ0) is 22.4. The van der Waals surface area contributed by atoms with Gasteiger partial charge in [-0.25, -0.2) is 15.2 Å². The fraction of sp³-hybridized carbons (Fsp3) is 0.0500. The molecule has 11 heteroatoms. The standard InChI is InChI=1S/C20H14N6O5/c1-31-19(28)16-13(8-5-9-15(16)26(29)30)11-22-25-20-23-17(12-6-3-2-4-7-12)14(10-21)18(27)24-20/h2-9,11H,1H3,(H2,23,24,25,27). The predicted molar refractivity (Wildman–Crippen MR) is 111 cm³/mol. The van der Waals surface area contributed by atoms with Crippen LogP contribution in [0.4, 0.5) is 11.6 Å². The van der Waals surface area contributed by atoms with Crippen molar-refractivity contribution in [3.63, 3.8) is 0 Å². The van der Waals surface area contributed by atoms with Crippen molar-refractivity contribution in [2.75, 3.05) is 12.5 Å². The van der Waals surface area contributed by atoms with Crippen LogP contribution in [0.1, 0.15) is 21.5 Å². The number of nitrogens with one attached hydrogen (secondary N) is 2. The number of ether oxygens (including phenoxy) is 1. The molecule has 31 heavy (non-hydrogen) atoms. The van der Waals surface area contributed by atoms with Crippen molar-refractivity contribution < 1.29 is 14.5 Å². The molecule has 2 N–H and O–H groups in total. The molecule has 0 radical (unpaired) electrons. The molecule has 154 valence electrons. The first-order chi connectivity index (χ1) is 15.0. The number of carbonyl (C=O) groups excluding carboxylic acids is 1. The Morgan fingerprint density at radius 3 is 2.68 bits per heavy atom. The van der Waals surface area contributed by atoms with Crippen LogP contribution < -0.4 is 11.0 Å². The fourth-order valence-electron chi connectivity index (χ4n) is 2.74. The number of esters is 1. The predicted octanol–water partition coefficient (Wildman–Crippen LogP) is 2.45. The molecule has 3 aromatic rings. The highest BCUT2D eigenvalue weighted by molar-refractivity contribution is 6.03. The van der Waals surface area contributed by atoms with Gasteiger partial charge in [-0.15, -0.1) is 0 Å². The molecule has 0 saturated carbocycles. The molecule has 0 aliphatic carbocycles. The van der Waals surface area contributed by atoms with Gasteiger partial charge in [0.15, 0.2) is 0 Å². The van der Waals surface area contributed by atoms with Gasteiger partial charge in [-0.3, -0.25) is 19.9 Å². The van der Waals surface area contributed by atoms with Crippen molar-refractivity contribution >= 4 is 23.8 Å². The highest BCUT2D eigenvalue weighted by Crippen LogP contribution is 2.22. The first-order valence-corrected chi connectivity index (χ1v) is 8.71. The normalized spacial score (nSPS) is 10.5. The Kier molecular flexibility index (Phi) is 6.13. The van der Waals surface area contributed by atoms with Crippen molar-refractivity contribution in [3.8, 4) is 17.3 Å². The molecule has 0 bridgehead atoms. The maximum absolute atomic E-state index is 12.3. The van der Waals surface area contributed by atoms with Gasteiger partial charge in [0.05, 0.1) is 23.9 Å². The second-order valence-corrected chi connectivity index (χ2v) is 5.98. The minimum atomic E-state index is -0.898. The molecule has 2 aromatic carbocycles. The molecule has 1 aromatic heterocycles. The molecular formula is C20H14N6O5. The Labute approximate surface area is 174 Å². The first kappa shape index (κ1) is 20.9. The van der Waals surface area contributed by atoms with Crippen LogP contribution in [0.2, 0.25) is 0 Å². The number of methoxy groups -OCH3 is 1. The van der Waals surface area contributed by atoms with Gasteiger partial charge >= 0.3 is 5.97 Å². The average Bonchev–Trinajstić information content (AvgIpc) is 2.78. The molecule has 0 amide bonds. The Morgan fingerprint density at radius 2 is 2.03 bits per heavy atom. The number of nitriles is 1. The number of H-pyrrole nitrogens is 1. The van der Waals surface area contributed by atoms with Gasteiger partial charge in [0, 0.05) is 17.2 Å². The summed E-state index contributed by atoms with van der Waals surface area (Å²) in [4.78, 5) is 41.4. The lowest BCUT2D eigenvalue weighted by Gasteiger charge is -2.07. The molecule has 0 atom stereocenters. The summed E-state index contributed by atoms with van der Waals surface area (Å²) in [5.41, 5.74) is 1.80. The van der Waals surface area contributed by atoms with Crippen LogP contribution in [0, 0.1) is 21.4 Å². The number of hydrogen-bond acceptors (Lipinski definition) is 9. The number of anilines is 1. The fourth-order valence-corrected chi connectivity index (χ4v) is 2.74. The molecule has 0 spiro atoms. The van der Waals surface area contributed by atoms with Gasteiger partial charge in [0.1, 0.15) is 17.2 Å². The highest BCUT2D eigenvalue weighted by Gasteiger charge is 2.24. The molecule has 0 saturated heterocycles.